The molecular weight excluding hydrogens is 380 g/mol. The van der Waals surface area contributed by atoms with E-state index in [1.54, 1.807) is 12.1 Å². The number of rotatable bonds is 5. The van der Waals surface area contributed by atoms with Gasteiger partial charge in [-0.1, -0.05) is 18.2 Å². The van der Waals surface area contributed by atoms with Gasteiger partial charge in [-0.25, -0.2) is 4.99 Å². The van der Waals surface area contributed by atoms with E-state index in [0.717, 1.165) is 28.5 Å². The van der Waals surface area contributed by atoms with Crippen LogP contribution in [0.5, 0.6) is 5.88 Å². The number of guanidine groups is 1. The fourth-order valence-electron chi connectivity index (χ4n) is 3.45. The number of benzene rings is 1. The molecule has 0 amide bonds. The van der Waals surface area contributed by atoms with Crippen LogP contribution < -0.4 is 16.4 Å². The SMILES string of the molecule is Cc1cc(Cc2ccc(O)nn2)ccc1CNC1=NC(c2cc(N)nnc2C)CN1. The highest BCUT2D eigenvalue weighted by molar-refractivity contribution is 5.82. The normalized spacial score (nSPS) is 15.5. The molecule has 9 heteroatoms. The smallest absolute Gasteiger partial charge is 0.230 e. The van der Waals surface area contributed by atoms with E-state index in [-0.39, 0.29) is 11.9 Å². The van der Waals surface area contributed by atoms with Crippen LogP contribution in [0.4, 0.5) is 5.82 Å². The van der Waals surface area contributed by atoms with E-state index < -0.39 is 0 Å². The van der Waals surface area contributed by atoms with Crippen molar-refractivity contribution in [2.24, 2.45) is 4.99 Å². The van der Waals surface area contributed by atoms with E-state index in [0.29, 0.717) is 25.3 Å². The summed E-state index contributed by atoms with van der Waals surface area (Å²) in [4.78, 5) is 4.72. The van der Waals surface area contributed by atoms with Crippen LogP contribution in [0, 0.1) is 13.8 Å². The molecule has 0 bridgehead atoms. The van der Waals surface area contributed by atoms with Gasteiger partial charge in [-0.15, -0.1) is 10.2 Å². The summed E-state index contributed by atoms with van der Waals surface area (Å²) in [6.45, 7) is 5.36. The molecule has 0 spiro atoms. The predicted molar refractivity (Wildman–Crippen MR) is 114 cm³/mol. The van der Waals surface area contributed by atoms with Gasteiger partial charge in [0, 0.05) is 31.1 Å². The van der Waals surface area contributed by atoms with Crippen molar-refractivity contribution in [2.45, 2.75) is 32.9 Å². The first-order valence-corrected chi connectivity index (χ1v) is 9.73. The van der Waals surface area contributed by atoms with E-state index in [1.165, 1.54) is 11.1 Å². The number of aliphatic imine (C=N–C) groups is 1. The lowest BCUT2D eigenvalue weighted by atomic mass is 10.0. The standard InChI is InChI=1S/C21H24N8O/c1-12-7-14(8-16-5-6-20(30)29-27-16)3-4-15(12)10-23-21-24-11-18(25-21)17-9-19(22)28-26-13(17)2/h3-7,9,18H,8,10-11H2,1-2H3,(H2,22,28)(H,29,30)(H2,23,24,25). The molecule has 0 saturated carbocycles. The van der Waals surface area contributed by atoms with Crippen LogP contribution in [-0.4, -0.2) is 38.0 Å². The summed E-state index contributed by atoms with van der Waals surface area (Å²) in [5.74, 6) is 1.10. The third kappa shape index (κ3) is 4.45. The van der Waals surface area contributed by atoms with Crippen molar-refractivity contribution in [3.05, 3.63) is 70.0 Å². The monoisotopic (exact) mass is 404 g/mol. The van der Waals surface area contributed by atoms with Gasteiger partial charge < -0.3 is 21.5 Å². The molecular formula is C21H24N8O. The Morgan fingerprint density at radius 2 is 1.97 bits per heavy atom. The summed E-state index contributed by atoms with van der Waals surface area (Å²) in [6.07, 6.45) is 0.667. The lowest BCUT2D eigenvalue weighted by molar-refractivity contribution is 0.444. The van der Waals surface area contributed by atoms with E-state index in [2.05, 4.69) is 56.2 Å². The highest BCUT2D eigenvalue weighted by atomic mass is 16.3. The second-order valence-electron chi connectivity index (χ2n) is 7.36. The molecule has 2 aromatic heterocycles. The number of nitrogens with one attached hydrogen (secondary N) is 2. The molecule has 0 saturated heterocycles. The Balaban J connectivity index is 1.39. The molecule has 4 rings (SSSR count). The molecule has 0 aliphatic carbocycles. The maximum Gasteiger partial charge on any atom is 0.230 e. The molecule has 30 heavy (non-hydrogen) atoms. The number of hydrogen-bond acceptors (Lipinski definition) is 9. The van der Waals surface area contributed by atoms with E-state index in [1.807, 2.05) is 13.0 Å². The predicted octanol–water partition coefficient (Wildman–Crippen LogP) is 1.55. The van der Waals surface area contributed by atoms with Gasteiger partial charge in [-0.3, -0.25) is 0 Å². The average molecular weight is 404 g/mol. The summed E-state index contributed by atoms with van der Waals surface area (Å²) in [5.41, 5.74) is 11.9. The Kier molecular flexibility index (Phi) is 5.42. The minimum Gasteiger partial charge on any atom is -0.492 e. The maximum absolute atomic E-state index is 9.25. The summed E-state index contributed by atoms with van der Waals surface area (Å²) < 4.78 is 0. The summed E-state index contributed by atoms with van der Waals surface area (Å²) in [6, 6.07) is 11.5. The Morgan fingerprint density at radius 1 is 1.10 bits per heavy atom. The van der Waals surface area contributed by atoms with Gasteiger partial charge in [0.25, 0.3) is 0 Å². The molecule has 5 N–H and O–H groups in total. The van der Waals surface area contributed by atoms with Gasteiger partial charge in [0.05, 0.1) is 17.4 Å². The van der Waals surface area contributed by atoms with Crippen LogP contribution in [0.3, 0.4) is 0 Å². The van der Waals surface area contributed by atoms with Crippen molar-refractivity contribution in [1.29, 1.82) is 0 Å². The summed E-state index contributed by atoms with van der Waals surface area (Å²) in [7, 11) is 0. The topological polar surface area (TPSA) is 134 Å². The van der Waals surface area contributed by atoms with Gasteiger partial charge in [-0.2, -0.15) is 10.2 Å². The second kappa shape index (κ2) is 8.32. The van der Waals surface area contributed by atoms with Crippen molar-refractivity contribution in [3.8, 4) is 5.88 Å². The zero-order valence-electron chi connectivity index (χ0n) is 16.9. The van der Waals surface area contributed by atoms with Crippen LogP contribution in [0.1, 0.15) is 39.7 Å². The van der Waals surface area contributed by atoms with Gasteiger partial charge in [0.1, 0.15) is 5.82 Å². The third-order valence-corrected chi connectivity index (χ3v) is 5.09. The third-order valence-electron chi connectivity index (χ3n) is 5.09. The fraction of sp³-hybridized carbons (Fsp3) is 0.286. The first kappa shape index (κ1) is 19.6. The number of nitrogens with two attached hydrogens (primary N) is 1. The van der Waals surface area contributed by atoms with E-state index in [4.69, 9.17) is 10.7 Å². The molecule has 154 valence electrons. The Morgan fingerprint density at radius 3 is 2.73 bits per heavy atom. The molecule has 1 aliphatic rings. The van der Waals surface area contributed by atoms with Gasteiger partial charge in [-0.05, 0) is 42.7 Å². The molecule has 1 atom stereocenters. The fourth-order valence-corrected chi connectivity index (χ4v) is 3.45. The molecule has 9 nitrogen and oxygen atoms in total. The van der Waals surface area contributed by atoms with Crippen LogP contribution in [0.15, 0.2) is 41.4 Å². The molecule has 3 aromatic rings. The number of aryl methyl sites for hydroxylation is 2. The highest BCUT2D eigenvalue weighted by Crippen LogP contribution is 2.23. The van der Waals surface area contributed by atoms with Crippen molar-refractivity contribution in [3.63, 3.8) is 0 Å². The first-order chi connectivity index (χ1) is 14.5. The molecule has 3 heterocycles. The average Bonchev–Trinajstić information content (AvgIpc) is 3.20. The number of anilines is 1. The lowest BCUT2D eigenvalue weighted by Crippen LogP contribution is -2.33. The van der Waals surface area contributed by atoms with E-state index >= 15 is 0 Å². The number of hydrogen-bond donors (Lipinski definition) is 4. The maximum atomic E-state index is 9.25. The lowest BCUT2D eigenvalue weighted by Gasteiger charge is -2.11. The minimum atomic E-state index is -0.0687. The first-order valence-electron chi connectivity index (χ1n) is 9.73. The van der Waals surface area contributed by atoms with Crippen LogP contribution in [0.2, 0.25) is 0 Å². The number of aromatic nitrogens is 4. The zero-order chi connectivity index (χ0) is 21.1. The van der Waals surface area contributed by atoms with Crippen LogP contribution >= 0.6 is 0 Å². The van der Waals surface area contributed by atoms with E-state index in [9.17, 15) is 5.11 Å². The van der Waals surface area contributed by atoms with Gasteiger partial charge >= 0.3 is 0 Å². The van der Waals surface area contributed by atoms with Crippen LogP contribution in [-0.2, 0) is 13.0 Å². The van der Waals surface area contributed by atoms with Crippen molar-refractivity contribution < 1.29 is 5.11 Å². The van der Waals surface area contributed by atoms with Gasteiger partial charge in [0.15, 0.2) is 5.96 Å². The number of aromatic hydroxyl groups is 1. The minimum absolute atomic E-state index is 0.0276. The summed E-state index contributed by atoms with van der Waals surface area (Å²) >= 11 is 0. The Hall–Kier alpha value is -3.75. The number of nitrogen functional groups attached to an aromatic ring is 1. The highest BCUT2D eigenvalue weighted by Gasteiger charge is 2.21. The molecule has 1 unspecified atom stereocenters. The van der Waals surface area contributed by atoms with Crippen molar-refractivity contribution in [1.82, 2.24) is 31.0 Å². The molecule has 1 aliphatic heterocycles. The largest absolute Gasteiger partial charge is 0.492 e. The quantitative estimate of drug-likeness (QED) is 0.503. The Bertz CT molecular complexity index is 1080. The second-order valence-corrected chi connectivity index (χ2v) is 7.36. The van der Waals surface area contributed by atoms with Gasteiger partial charge in [0.2, 0.25) is 5.88 Å². The zero-order valence-corrected chi connectivity index (χ0v) is 16.9. The summed E-state index contributed by atoms with van der Waals surface area (Å²) in [5, 5.41) is 31.6. The van der Waals surface area contributed by atoms with Crippen molar-refractivity contribution in [2.75, 3.05) is 12.3 Å². The van der Waals surface area contributed by atoms with Crippen LogP contribution in [0.25, 0.3) is 0 Å². The Labute approximate surface area is 174 Å². The molecule has 0 radical (unpaired) electrons. The molecule has 0 fully saturated rings. The molecule has 1 aromatic carbocycles. The number of nitrogens with zero attached hydrogens (tertiary/aromatic N) is 5. The van der Waals surface area contributed by atoms with Crippen molar-refractivity contribution >= 4 is 11.8 Å².